The highest BCUT2D eigenvalue weighted by Gasteiger charge is 2.36. The van der Waals surface area contributed by atoms with E-state index in [1.165, 1.54) is 0 Å². The quantitative estimate of drug-likeness (QED) is 0.676. The third kappa shape index (κ3) is 4.70. The van der Waals surface area contributed by atoms with E-state index in [0.29, 0.717) is 29.5 Å². The van der Waals surface area contributed by atoms with Gasteiger partial charge in [-0.05, 0) is 42.3 Å². The molecule has 2 aromatic rings. The van der Waals surface area contributed by atoms with E-state index < -0.39 is 38.0 Å². The van der Waals surface area contributed by atoms with E-state index in [4.69, 9.17) is 9.47 Å². The van der Waals surface area contributed by atoms with Gasteiger partial charge in [0.1, 0.15) is 0 Å². The lowest BCUT2D eigenvalue weighted by Crippen LogP contribution is -2.24. The molecule has 0 atom stereocenters. The highest BCUT2D eigenvalue weighted by Crippen LogP contribution is 2.35. The number of carbonyl (C=O) groups excluding carboxylic acids is 1. The normalized spacial score (nSPS) is 13.5. The lowest BCUT2D eigenvalue weighted by molar-refractivity contribution is -0.138. The minimum Gasteiger partial charge on any atom is -0.454 e. The van der Waals surface area contributed by atoms with Crippen molar-refractivity contribution in [2.75, 3.05) is 6.79 Å². The largest absolute Gasteiger partial charge is 0.454 e. The van der Waals surface area contributed by atoms with E-state index in [-0.39, 0.29) is 19.8 Å². The summed E-state index contributed by atoms with van der Waals surface area (Å²) in [5, 5.41) is 0. The number of benzene rings is 2. The Kier molecular flexibility index (Phi) is 5.85. The van der Waals surface area contributed by atoms with Gasteiger partial charge < -0.3 is 9.47 Å². The highest BCUT2D eigenvalue weighted by atomic mass is 32.2. The molecule has 2 aromatic carbocycles. The van der Waals surface area contributed by atoms with Gasteiger partial charge >= 0.3 is 6.18 Å². The molecule has 3 rings (SSSR count). The van der Waals surface area contributed by atoms with Gasteiger partial charge in [0, 0.05) is 18.5 Å². The third-order valence-corrected chi connectivity index (χ3v) is 5.69. The average Bonchev–Trinajstić information content (AvgIpc) is 3.13. The fraction of sp³-hybridized carbons (Fsp3) is 0.316. The molecule has 1 N–H and O–H groups in total. The molecule has 6 nitrogen and oxygen atoms in total. The molecule has 1 heterocycles. The summed E-state index contributed by atoms with van der Waals surface area (Å²) in [6.07, 6.45) is -4.54. The van der Waals surface area contributed by atoms with Crippen LogP contribution in [0.5, 0.6) is 11.5 Å². The number of Topliss-reactive ketones (excluding diaryl/α,β-unsaturated/α-hetero) is 1. The molecule has 0 unspecified atom stereocenters. The first-order chi connectivity index (χ1) is 13.6. The van der Waals surface area contributed by atoms with E-state index >= 15 is 0 Å². The van der Waals surface area contributed by atoms with Crippen molar-refractivity contribution in [2.24, 2.45) is 0 Å². The molecule has 1 aliphatic rings. The Hall–Kier alpha value is -2.59. The topological polar surface area (TPSA) is 81.7 Å². The van der Waals surface area contributed by atoms with Crippen LogP contribution in [0.4, 0.5) is 13.2 Å². The van der Waals surface area contributed by atoms with Gasteiger partial charge in [-0.1, -0.05) is 13.0 Å². The van der Waals surface area contributed by atoms with E-state index in [1.807, 2.05) is 0 Å². The summed E-state index contributed by atoms with van der Waals surface area (Å²) in [5.41, 5.74) is -1.25. The summed E-state index contributed by atoms with van der Waals surface area (Å²) in [5.74, 6) is 0.302. The van der Waals surface area contributed by atoms with E-state index in [2.05, 4.69) is 4.72 Å². The van der Waals surface area contributed by atoms with Crippen LogP contribution in [0.15, 0.2) is 41.3 Å². The summed E-state index contributed by atoms with van der Waals surface area (Å²) in [6.45, 7) is 1.58. The predicted octanol–water partition coefficient (Wildman–Crippen LogP) is 3.90. The van der Waals surface area contributed by atoms with Crippen LogP contribution in [-0.2, 0) is 22.7 Å². The number of alkyl halides is 3. The number of ketones is 1. The van der Waals surface area contributed by atoms with Crippen molar-refractivity contribution < 1.29 is 35.9 Å². The van der Waals surface area contributed by atoms with Crippen LogP contribution in [0.25, 0.3) is 0 Å². The van der Waals surface area contributed by atoms with Crippen molar-refractivity contribution in [1.29, 1.82) is 0 Å². The maximum atomic E-state index is 13.4. The van der Waals surface area contributed by atoms with Crippen LogP contribution in [0.3, 0.4) is 0 Å². The maximum absolute atomic E-state index is 13.4. The van der Waals surface area contributed by atoms with Crippen LogP contribution in [0.1, 0.15) is 41.3 Å². The molecule has 0 radical (unpaired) electrons. The Morgan fingerprint density at radius 3 is 2.52 bits per heavy atom. The number of hydrogen-bond acceptors (Lipinski definition) is 5. The van der Waals surface area contributed by atoms with Gasteiger partial charge in [0.15, 0.2) is 17.3 Å². The zero-order chi connectivity index (χ0) is 21.2. The second-order valence-corrected chi connectivity index (χ2v) is 8.16. The predicted molar refractivity (Wildman–Crippen MR) is 97.3 cm³/mol. The van der Waals surface area contributed by atoms with Crippen LogP contribution >= 0.6 is 0 Å². The molecule has 0 aliphatic carbocycles. The Morgan fingerprint density at radius 1 is 1.10 bits per heavy atom. The number of halogens is 3. The SMILES string of the molecule is CCCC(=O)c1ccc(S(=O)(=O)NCc2ccc3c(c2)OCO3)cc1C(F)(F)F. The third-order valence-electron chi connectivity index (χ3n) is 4.29. The average molecular weight is 429 g/mol. The standard InChI is InChI=1S/C19H18F3NO5S/c1-2-3-16(24)14-6-5-13(9-15(14)19(20,21)22)29(25,26)23-10-12-4-7-17-18(8-12)28-11-27-17/h4-9,23H,2-3,10-11H2,1H3. The molecular formula is C19H18F3NO5S. The van der Waals surface area contributed by atoms with Crippen molar-refractivity contribution in [1.82, 2.24) is 4.72 Å². The van der Waals surface area contributed by atoms with Gasteiger partial charge in [-0.25, -0.2) is 13.1 Å². The molecule has 0 amide bonds. The van der Waals surface area contributed by atoms with Crippen molar-refractivity contribution >= 4 is 15.8 Å². The van der Waals surface area contributed by atoms with Crippen LogP contribution in [-0.4, -0.2) is 21.0 Å². The summed E-state index contributed by atoms with van der Waals surface area (Å²) >= 11 is 0. The second kappa shape index (κ2) is 8.03. The van der Waals surface area contributed by atoms with Gasteiger partial charge in [-0.15, -0.1) is 0 Å². The highest BCUT2D eigenvalue weighted by molar-refractivity contribution is 7.89. The lowest BCUT2D eigenvalue weighted by Gasteiger charge is -2.14. The summed E-state index contributed by atoms with van der Waals surface area (Å²) in [4.78, 5) is 11.4. The Labute approximate surface area is 165 Å². The fourth-order valence-corrected chi connectivity index (χ4v) is 3.89. The molecule has 0 fully saturated rings. The van der Waals surface area contributed by atoms with Crippen LogP contribution < -0.4 is 14.2 Å². The van der Waals surface area contributed by atoms with Crippen LogP contribution in [0.2, 0.25) is 0 Å². The van der Waals surface area contributed by atoms with Crippen molar-refractivity contribution in [3.05, 3.63) is 53.1 Å². The molecule has 156 valence electrons. The van der Waals surface area contributed by atoms with Crippen LogP contribution in [0, 0.1) is 0 Å². The minimum absolute atomic E-state index is 0.0580. The van der Waals surface area contributed by atoms with Gasteiger partial charge in [-0.2, -0.15) is 13.2 Å². The number of hydrogen-bond donors (Lipinski definition) is 1. The summed E-state index contributed by atoms with van der Waals surface area (Å²) in [6, 6.07) is 7.21. The lowest BCUT2D eigenvalue weighted by atomic mass is 10.0. The van der Waals surface area contributed by atoms with E-state index in [9.17, 15) is 26.4 Å². The number of sulfonamides is 1. The molecule has 1 aliphatic heterocycles. The molecule has 10 heteroatoms. The zero-order valence-electron chi connectivity index (χ0n) is 15.4. The van der Waals surface area contributed by atoms with Gasteiger partial charge in [0.05, 0.1) is 10.5 Å². The first kappa shape index (κ1) is 21.1. The number of rotatable bonds is 7. The summed E-state index contributed by atoms with van der Waals surface area (Å²) < 4.78 is 77.9. The Morgan fingerprint density at radius 2 is 1.83 bits per heavy atom. The van der Waals surface area contributed by atoms with Gasteiger partial charge in [0.25, 0.3) is 0 Å². The van der Waals surface area contributed by atoms with Gasteiger partial charge in [0.2, 0.25) is 16.8 Å². The second-order valence-electron chi connectivity index (χ2n) is 6.39. The zero-order valence-corrected chi connectivity index (χ0v) is 16.2. The Balaban J connectivity index is 1.85. The number of fused-ring (bicyclic) bond motifs is 1. The Bertz CT molecular complexity index is 1030. The first-order valence-corrected chi connectivity index (χ1v) is 10.2. The summed E-state index contributed by atoms with van der Waals surface area (Å²) in [7, 11) is -4.24. The minimum atomic E-state index is -4.86. The molecular weight excluding hydrogens is 411 g/mol. The monoisotopic (exact) mass is 429 g/mol. The molecule has 0 bridgehead atoms. The van der Waals surface area contributed by atoms with Crippen molar-refractivity contribution in [3.63, 3.8) is 0 Å². The molecule has 0 aromatic heterocycles. The first-order valence-electron chi connectivity index (χ1n) is 8.74. The molecule has 0 spiro atoms. The maximum Gasteiger partial charge on any atom is 0.417 e. The number of ether oxygens (including phenoxy) is 2. The van der Waals surface area contributed by atoms with Crippen molar-refractivity contribution in [2.45, 2.75) is 37.4 Å². The van der Waals surface area contributed by atoms with E-state index in [0.717, 1.165) is 12.1 Å². The molecule has 0 saturated carbocycles. The van der Waals surface area contributed by atoms with Crippen molar-refractivity contribution in [3.8, 4) is 11.5 Å². The number of nitrogens with one attached hydrogen (secondary N) is 1. The molecule has 0 saturated heterocycles. The van der Waals surface area contributed by atoms with E-state index in [1.54, 1.807) is 25.1 Å². The number of carbonyl (C=O) groups is 1. The fourth-order valence-electron chi connectivity index (χ4n) is 2.84. The molecule has 29 heavy (non-hydrogen) atoms. The smallest absolute Gasteiger partial charge is 0.417 e. The van der Waals surface area contributed by atoms with Gasteiger partial charge in [-0.3, -0.25) is 4.79 Å².